The fourth-order valence-electron chi connectivity index (χ4n) is 2.56. The first-order chi connectivity index (χ1) is 11.6. The molecule has 0 saturated carbocycles. The Balaban J connectivity index is 1.59. The molecule has 7 heteroatoms. The fourth-order valence-corrected chi connectivity index (χ4v) is 3.67. The predicted octanol–water partition coefficient (Wildman–Crippen LogP) is 2.83. The minimum atomic E-state index is -0.0570. The van der Waals surface area contributed by atoms with E-state index in [0.29, 0.717) is 16.4 Å². The topological polar surface area (TPSA) is 54.5 Å². The molecule has 24 heavy (non-hydrogen) atoms. The van der Waals surface area contributed by atoms with Gasteiger partial charge in [-0.2, -0.15) is 0 Å². The van der Waals surface area contributed by atoms with Crippen LogP contribution in [0.25, 0.3) is 10.6 Å². The molecule has 5 nitrogen and oxygen atoms in total. The van der Waals surface area contributed by atoms with Gasteiger partial charge in [-0.3, -0.25) is 9.69 Å². The van der Waals surface area contributed by atoms with E-state index in [0.717, 1.165) is 49.1 Å². The Labute approximate surface area is 150 Å². The summed E-state index contributed by atoms with van der Waals surface area (Å²) in [4.78, 5) is 19.9. The number of aryl methyl sites for hydroxylation is 1. The molecule has 0 aliphatic carbocycles. The quantitative estimate of drug-likeness (QED) is 0.885. The van der Waals surface area contributed by atoms with Crippen molar-refractivity contribution in [3.8, 4) is 10.6 Å². The first-order valence-corrected chi connectivity index (χ1v) is 9.14. The number of carbonyl (C=O) groups is 1. The molecule has 1 aromatic heterocycles. The van der Waals surface area contributed by atoms with Crippen molar-refractivity contribution in [2.75, 3.05) is 39.4 Å². The van der Waals surface area contributed by atoms with E-state index in [2.05, 4.69) is 15.2 Å². The Bertz CT molecular complexity index is 696. The van der Waals surface area contributed by atoms with Gasteiger partial charge in [-0.05, 0) is 19.1 Å². The van der Waals surface area contributed by atoms with Crippen LogP contribution in [0, 0.1) is 6.92 Å². The smallest absolute Gasteiger partial charge is 0.263 e. The zero-order valence-corrected chi connectivity index (χ0v) is 15.1. The Kier molecular flexibility index (Phi) is 5.84. The summed E-state index contributed by atoms with van der Waals surface area (Å²) in [5.41, 5.74) is 1.73. The standard InChI is InChI=1S/C17H20ClN3O2S/c1-12-15(16(22)19-6-7-21-8-10-23-11-9-21)24-17(20-12)13-2-4-14(18)5-3-13/h2-5H,6-11H2,1H3,(H,19,22). The van der Waals surface area contributed by atoms with E-state index in [9.17, 15) is 4.79 Å². The van der Waals surface area contributed by atoms with Gasteiger partial charge in [-0.1, -0.05) is 23.7 Å². The summed E-state index contributed by atoms with van der Waals surface area (Å²) >= 11 is 7.33. The van der Waals surface area contributed by atoms with Gasteiger partial charge in [0.05, 0.1) is 18.9 Å². The van der Waals surface area contributed by atoms with Crippen molar-refractivity contribution in [1.29, 1.82) is 0 Å². The van der Waals surface area contributed by atoms with Crippen LogP contribution in [0.15, 0.2) is 24.3 Å². The number of hydrogen-bond donors (Lipinski definition) is 1. The van der Waals surface area contributed by atoms with E-state index in [4.69, 9.17) is 16.3 Å². The van der Waals surface area contributed by atoms with Crippen LogP contribution in [0.2, 0.25) is 5.02 Å². The third-order valence-corrected chi connectivity index (χ3v) is 5.37. The number of amides is 1. The fraction of sp³-hybridized carbons (Fsp3) is 0.412. The van der Waals surface area contributed by atoms with E-state index in [1.165, 1.54) is 11.3 Å². The van der Waals surface area contributed by atoms with Gasteiger partial charge in [0, 0.05) is 36.8 Å². The lowest BCUT2D eigenvalue weighted by Crippen LogP contribution is -2.41. The molecule has 0 radical (unpaired) electrons. The van der Waals surface area contributed by atoms with Gasteiger partial charge in [-0.25, -0.2) is 4.98 Å². The molecule has 128 valence electrons. The zero-order chi connectivity index (χ0) is 16.9. The molecular formula is C17H20ClN3O2S. The highest BCUT2D eigenvalue weighted by Crippen LogP contribution is 2.28. The average Bonchev–Trinajstić information content (AvgIpc) is 2.98. The second-order valence-corrected chi connectivity index (χ2v) is 7.09. The third kappa shape index (κ3) is 4.33. The average molecular weight is 366 g/mol. The van der Waals surface area contributed by atoms with Gasteiger partial charge >= 0.3 is 0 Å². The number of halogens is 1. The summed E-state index contributed by atoms with van der Waals surface area (Å²) in [7, 11) is 0. The van der Waals surface area contributed by atoms with E-state index in [-0.39, 0.29) is 5.91 Å². The molecule has 1 aromatic carbocycles. The number of nitrogens with zero attached hydrogens (tertiary/aromatic N) is 2. The summed E-state index contributed by atoms with van der Waals surface area (Å²) in [6.07, 6.45) is 0. The molecule has 1 fully saturated rings. The number of aromatic nitrogens is 1. The number of rotatable bonds is 5. The van der Waals surface area contributed by atoms with E-state index < -0.39 is 0 Å². The number of benzene rings is 1. The largest absolute Gasteiger partial charge is 0.379 e. The molecule has 0 spiro atoms. The van der Waals surface area contributed by atoms with Crippen molar-refractivity contribution in [2.45, 2.75) is 6.92 Å². The van der Waals surface area contributed by atoms with Crippen LogP contribution >= 0.6 is 22.9 Å². The van der Waals surface area contributed by atoms with Crippen molar-refractivity contribution in [3.63, 3.8) is 0 Å². The van der Waals surface area contributed by atoms with Crippen molar-refractivity contribution in [1.82, 2.24) is 15.2 Å². The number of thiazole rings is 1. The van der Waals surface area contributed by atoms with E-state index >= 15 is 0 Å². The van der Waals surface area contributed by atoms with Crippen LogP contribution in [-0.2, 0) is 4.74 Å². The SMILES string of the molecule is Cc1nc(-c2ccc(Cl)cc2)sc1C(=O)NCCN1CCOCC1. The molecule has 0 bridgehead atoms. The summed E-state index contributed by atoms with van der Waals surface area (Å²) in [5.74, 6) is -0.0570. The maximum atomic E-state index is 12.4. The van der Waals surface area contributed by atoms with Crippen LogP contribution in [-0.4, -0.2) is 55.2 Å². The van der Waals surface area contributed by atoms with Crippen LogP contribution in [0.5, 0.6) is 0 Å². The van der Waals surface area contributed by atoms with Gasteiger partial charge in [0.1, 0.15) is 9.88 Å². The van der Waals surface area contributed by atoms with Gasteiger partial charge in [0.2, 0.25) is 0 Å². The van der Waals surface area contributed by atoms with Crippen LogP contribution in [0.1, 0.15) is 15.4 Å². The first-order valence-electron chi connectivity index (χ1n) is 7.95. The lowest BCUT2D eigenvalue weighted by Gasteiger charge is -2.26. The molecule has 2 aromatic rings. The molecular weight excluding hydrogens is 346 g/mol. The lowest BCUT2D eigenvalue weighted by molar-refractivity contribution is 0.0383. The number of morpholine rings is 1. The van der Waals surface area contributed by atoms with Crippen molar-refractivity contribution in [2.24, 2.45) is 0 Å². The van der Waals surface area contributed by atoms with Crippen molar-refractivity contribution >= 4 is 28.8 Å². The molecule has 1 N–H and O–H groups in total. The molecule has 1 aliphatic rings. The third-order valence-electron chi connectivity index (χ3n) is 3.91. The molecule has 1 saturated heterocycles. The number of ether oxygens (including phenoxy) is 1. The van der Waals surface area contributed by atoms with Gasteiger partial charge < -0.3 is 10.1 Å². The number of hydrogen-bond acceptors (Lipinski definition) is 5. The van der Waals surface area contributed by atoms with Crippen LogP contribution in [0.4, 0.5) is 0 Å². The molecule has 1 amide bonds. The minimum Gasteiger partial charge on any atom is -0.379 e. The predicted molar refractivity (Wildman–Crippen MR) is 96.9 cm³/mol. The van der Waals surface area contributed by atoms with Crippen LogP contribution in [0.3, 0.4) is 0 Å². The second kappa shape index (κ2) is 8.07. The summed E-state index contributed by atoms with van der Waals surface area (Å²) in [5, 5.41) is 4.51. The van der Waals surface area contributed by atoms with E-state index in [1.807, 2.05) is 31.2 Å². The molecule has 3 rings (SSSR count). The number of nitrogens with one attached hydrogen (secondary N) is 1. The Morgan fingerprint density at radius 1 is 1.33 bits per heavy atom. The van der Waals surface area contributed by atoms with E-state index in [1.54, 1.807) is 0 Å². The zero-order valence-electron chi connectivity index (χ0n) is 13.5. The minimum absolute atomic E-state index is 0.0570. The van der Waals surface area contributed by atoms with Crippen LogP contribution < -0.4 is 5.32 Å². The monoisotopic (exact) mass is 365 g/mol. The van der Waals surface area contributed by atoms with Gasteiger partial charge in [0.15, 0.2) is 0 Å². The summed E-state index contributed by atoms with van der Waals surface area (Å²) in [6.45, 7) is 6.74. The highest BCUT2D eigenvalue weighted by atomic mass is 35.5. The van der Waals surface area contributed by atoms with Gasteiger partial charge in [-0.15, -0.1) is 11.3 Å². The maximum absolute atomic E-state index is 12.4. The number of carbonyl (C=O) groups excluding carboxylic acids is 1. The molecule has 1 aliphatic heterocycles. The van der Waals surface area contributed by atoms with Gasteiger partial charge in [0.25, 0.3) is 5.91 Å². The first kappa shape index (κ1) is 17.4. The lowest BCUT2D eigenvalue weighted by atomic mass is 10.2. The Morgan fingerprint density at radius 2 is 2.04 bits per heavy atom. The van der Waals surface area contributed by atoms with Crippen molar-refractivity contribution < 1.29 is 9.53 Å². The maximum Gasteiger partial charge on any atom is 0.263 e. The highest BCUT2D eigenvalue weighted by Gasteiger charge is 2.16. The molecule has 0 unspecified atom stereocenters. The Morgan fingerprint density at radius 3 is 2.75 bits per heavy atom. The second-order valence-electron chi connectivity index (χ2n) is 5.65. The Hall–Kier alpha value is -1.47. The molecule has 2 heterocycles. The summed E-state index contributed by atoms with van der Waals surface area (Å²) in [6, 6.07) is 7.49. The van der Waals surface area contributed by atoms with Crippen molar-refractivity contribution in [3.05, 3.63) is 39.9 Å². The normalized spacial score (nSPS) is 15.4. The molecule has 0 atom stereocenters. The highest BCUT2D eigenvalue weighted by molar-refractivity contribution is 7.17. The summed E-state index contributed by atoms with van der Waals surface area (Å²) < 4.78 is 5.32.